The van der Waals surface area contributed by atoms with Crippen LogP contribution in [0, 0.1) is 12.8 Å². The van der Waals surface area contributed by atoms with Crippen LogP contribution < -0.4 is 10.1 Å². The lowest BCUT2D eigenvalue weighted by molar-refractivity contribution is 0.201. The zero-order chi connectivity index (χ0) is 17.2. The number of rotatable bonds is 3. The quantitative estimate of drug-likeness (QED) is 0.902. The number of fused-ring (bicyclic) bond motifs is 1. The van der Waals surface area contributed by atoms with Crippen molar-refractivity contribution in [3.63, 3.8) is 0 Å². The van der Waals surface area contributed by atoms with E-state index in [0.29, 0.717) is 12.4 Å². The van der Waals surface area contributed by atoms with Crippen LogP contribution in [-0.4, -0.2) is 42.8 Å². The largest absolute Gasteiger partial charge is 0.504 e. The Hall–Kier alpha value is -2.04. The highest BCUT2D eigenvalue weighted by Crippen LogP contribution is 2.38. The molecule has 0 spiro atoms. The summed E-state index contributed by atoms with van der Waals surface area (Å²) in [6.45, 7) is 7.80. The van der Waals surface area contributed by atoms with E-state index in [4.69, 9.17) is 4.74 Å². The molecule has 1 atom stereocenters. The number of aryl methyl sites for hydroxylation is 1. The Labute approximate surface area is 149 Å². The summed E-state index contributed by atoms with van der Waals surface area (Å²) in [5, 5.41) is 14.0. The first-order valence-corrected chi connectivity index (χ1v) is 9.18. The molecule has 4 nitrogen and oxygen atoms in total. The highest BCUT2D eigenvalue weighted by atomic mass is 16.5. The molecule has 0 saturated carbocycles. The molecule has 2 aliphatic heterocycles. The van der Waals surface area contributed by atoms with E-state index in [-0.39, 0.29) is 5.75 Å². The van der Waals surface area contributed by atoms with Gasteiger partial charge in [-0.25, -0.2) is 0 Å². The summed E-state index contributed by atoms with van der Waals surface area (Å²) in [6, 6.07) is 12.3. The monoisotopic (exact) mass is 338 g/mol. The predicted molar refractivity (Wildman–Crippen MR) is 100 cm³/mol. The Kier molecular flexibility index (Phi) is 4.64. The molecule has 132 valence electrons. The first-order valence-electron chi connectivity index (χ1n) is 9.18. The maximum Gasteiger partial charge on any atom is 0.165 e. The minimum absolute atomic E-state index is 0.250. The molecular weight excluding hydrogens is 312 g/mol. The second-order valence-corrected chi connectivity index (χ2v) is 7.24. The van der Waals surface area contributed by atoms with Crippen molar-refractivity contribution in [2.75, 3.05) is 32.8 Å². The summed E-state index contributed by atoms with van der Waals surface area (Å²) in [4.78, 5) is 2.46. The molecule has 2 N–H and O–H groups in total. The molecule has 0 unspecified atom stereocenters. The van der Waals surface area contributed by atoms with Crippen molar-refractivity contribution in [2.24, 2.45) is 5.92 Å². The van der Waals surface area contributed by atoms with Gasteiger partial charge in [-0.1, -0.05) is 24.3 Å². The first-order chi connectivity index (χ1) is 12.2. The second-order valence-electron chi connectivity index (χ2n) is 7.24. The van der Waals surface area contributed by atoms with Crippen molar-refractivity contribution in [3.05, 3.63) is 47.5 Å². The zero-order valence-corrected chi connectivity index (χ0v) is 14.8. The molecule has 2 aromatic rings. The fraction of sp³-hybridized carbons (Fsp3) is 0.429. The summed E-state index contributed by atoms with van der Waals surface area (Å²) in [6.07, 6.45) is 1.25. The number of hydrogen-bond acceptors (Lipinski definition) is 4. The van der Waals surface area contributed by atoms with Crippen molar-refractivity contribution in [1.82, 2.24) is 10.2 Å². The molecule has 1 saturated heterocycles. The molecule has 2 aromatic carbocycles. The van der Waals surface area contributed by atoms with Crippen LogP contribution in [0.4, 0.5) is 0 Å². The van der Waals surface area contributed by atoms with Gasteiger partial charge in [-0.3, -0.25) is 4.90 Å². The first kappa shape index (κ1) is 16.4. The standard InChI is InChI=1S/C21H26N2O2/c1-15-4-2-3-5-19(15)17-10-18-14-23(13-16-6-7-22-12-16)8-9-25-21(18)20(24)11-17/h2-5,10-11,16,22,24H,6-9,12-14H2,1H3/t16-/m1/s1. The lowest BCUT2D eigenvalue weighted by atomic mass is 9.97. The Morgan fingerprint density at radius 1 is 1.28 bits per heavy atom. The van der Waals surface area contributed by atoms with Crippen LogP contribution in [0.5, 0.6) is 11.5 Å². The molecule has 2 heterocycles. The van der Waals surface area contributed by atoms with Gasteiger partial charge in [0.25, 0.3) is 0 Å². The van der Waals surface area contributed by atoms with E-state index in [1.54, 1.807) is 0 Å². The van der Waals surface area contributed by atoms with E-state index in [1.165, 1.54) is 12.0 Å². The highest BCUT2D eigenvalue weighted by Gasteiger charge is 2.23. The van der Waals surface area contributed by atoms with E-state index in [1.807, 2.05) is 18.2 Å². The number of nitrogens with one attached hydrogen (secondary N) is 1. The zero-order valence-electron chi connectivity index (χ0n) is 14.8. The van der Waals surface area contributed by atoms with Crippen LogP contribution in [0.1, 0.15) is 17.5 Å². The number of benzene rings is 2. The molecule has 0 bridgehead atoms. The molecule has 1 fully saturated rings. The fourth-order valence-corrected chi connectivity index (χ4v) is 4.00. The van der Waals surface area contributed by atoms with Gasteiger partial charge in [-0.2, -0.15) is 0 Å². The van der Waals surface area contributed by atoms with Gasteiger partial charge in [-0.05, 0) is 61.2 Å². The van der Waals surface area contributed by atoms with Crippen molar-refractivity contribution in [2.45, 2.75) is 19.9 Å². The summed E-state index contributed by atoms with van der Waals surface area (Å²) in [5.41, 5.74) is 4.52. The minimum atomic E-state index is 0.250. The maximum absolute atomic E-state index is 10.5. The van der Waals surface area contributed by atoms with Gasteiger partial charge >= 0.3 is 0 Å². The third kappa shape index (κ3) is 3.51. The van der Waals surface area contributed by atoms with Gasteiger partial charge < -0.3 is 15.2 Å². The maximum atomic E-state index is 10.5. The molecule has 4 heteroatoms. The number of ether oxygens (including phenoxy) is 1. The van der Waals surface area contributed by atoms with Crippen molar-refractivity contribution in [1.29, 1.82) is 0 Å². The molecule has 0 amide bonds. The number of phenols is 1. The summed E-state index contributed by atoms with van der Waals surface area (Å²) < 4.78 is 5.89. The van der Waals surface area contributed by atoms with Gasteiger partial charge in [0.1, 0.15) is 6.61 Å². The van der Waals surface area contributed by atoms with Gasteiger partial charge in [0.15, 0.2) is 11.5 Å². The van der Waals surface area contributed by atoms with E-state index >= 15 is 0 Å². The Balaban J connectivity index is 1.63. The normalized spacial score (nSPS) is 20.8. The SMILES string of the molecule is Cc1ccccc1-c1cc(O)c2c(c1)CN(C[C@@H]1CCNC1)CCO2. The van der Waals surface area contributed by atoms with Crippen LogP contribution in [0.25, 0.3) is 11.1 Å². The molecule has 4 rings (SSSR count). The van der Waals surface area contributed by atoms with Crippen molar-refractivity contribution >= 4 is 0 Å². The fourth-order valence-electron chi connectivity index (χ4n) is 4.00. The van der Waals surface area contributed by atoms with E-state index in [2.05, 4.69) is 35.3 Å². The molecular formula is C21H26N2O2. The summed E-state index contributed by atoms with van der Waals surface area (Å²) >= 11 is 0. The third-order valence-electron chi connectivity index (χ3n) is 5.33. The average Bonchev–Trinajstić information content (AvgIpc) is 3.01. The lowest BCUT2D eigenvalue weighted by Gasteiger charge is -2.23. The van der Waals surface area contributed by atoms with Gasteiger partial charge in [-0.15, -0.1) is 0 Å². The summed E-state index contributed by atoms with van der Waals surface area (Å²) in [5.74, 6) is 1.62. The topological polar surface area (TPSA) is 44.7 Å². The van der Waals surface area contributed by atoms with Crippen LogP contribution in [0.15, 0.2) is 36.4 Å². The highest BCUT2D eigenvalue weighted by molar-refractivity contribution is 5.71. The Morgan fingerprint density at radius 3 is 2.96 bits per heavy atom. The minimum Gasteiger partial charge on any atom is -0.504 e. The molecule has 25 heavy (non-hydrogen) atoms. The van der Waals surface area contributed by atoms with Gasteiger partial charge in [0.05, 0.1) is 0 Å². The number of phenolic OH excluding ortho intramolecular Hbond substituents is 1. The van der Waals surface area contributed by atoms with Gasteiger partial charge in [0.2, 0.25) is 0 Å². The molecule has 0 aliphatic carbocycles. The van der Waals surface area contributed by atoms with Gasteiger partial charge in [0, 0.05) is 25.2 Å². The van der Waals surface area contributed by atoms with Crippen LogP contribution in [0.3, 0.4) is 0 Å². The number of aromatic hydroxyl groups is 1. The molecule has 0 radical (unpaired) electrons. The number of nitrogens with zero attached hydrogens (tertiary/aromatic N) is 1. The third-order valence-corrected chi connectivity index (χ3v) is 5.33. The van der Waals surface area contributed by atoms with Crippen LogP contribution in [0.2, 0.25) is 0 Å². The smallest absolute Gasteiger partial charge is 0.165 e. The summed E-state index contributed by atoms with van der Waals surface area (Å²) in [7, 11) is 0. The average molecular weight is 338 g/mol. The predicted octanol–water partition coefficient (Wildman–Crippen LogP) is 3.17. The molecule has 2 aliphatic rings. The lowest BCUT2D eigenvalue weighted by Crippen LogP contribution is -2.32. The van der Waals surface area contributed by atoms with E-state index in [9.17, 15) is 5.11 Å². The Bertz CT molecular complexity index is 754. The van der Waals surface area contributed by atoms with Crippen molar-refractivity contribution in [3.8, 4) is 22.6 Å². The number of hydrogen-bond donors (Lipinski definition) is 2. The van der Waals surface area contributed by atoms with E-state index < -0.39 is 0 Å². The van der Waals surface area contributed by atoms with Crippen LogP contribution in [-0.2, 0) is 6.54 Å². The second kappa shape index (κ2) is 7.06. The van der Waals surface area contributed by atoms with Crippen LogP contribution >= 0.6 is 0 Å². The van der Waals surface area contributed by atoms with Crippen molar-refractivity contribution < 1.29 is 9.84 Å². The molecule has 0 aromatic heterocycles. The Morgan fingerprint density at radius 2 is 2.16 bits per heavy atom. The van der Waals surface area contributed by atoms with E-state index in [0.717, 1.165) is 55.3 Å².